The molecule has 0 spiro atoms. The first kappa shape index (κ1) is 17.8. The van der Waals surface area contributed by atoms with Gasteiger partial charge in [-0.25, -0.2) is 14.6 Å². The average molecular weight is 364 g/mol. The number of hydrogen-bond donors (Lipinski definition) is 1. The van der Waals surface area contributed by atoms with E-state index in [1.807, 2.05) is 0 Å². The van der Waals surface area contributed by atoms with Crippen LogP contribution in [-0.2, 0) is 6.54 Å². The number of H-pyrrole nitrogens is 1. The van der Waals surface area contributed by atoms with Crippen molar-refractivity contribution in [2.45, 2.75) is 32.9 Å². The minimum absolute atomic E-state index is 0.0637. The van der Waals surface area contributed by atoms with E-state index in [9.17, 15) is 8.78 Å². The highest BCUT2D eigenvalue weighted by Gasteiger charge is 2.18. The molecule has 2 heterocycles. The SMILES string of the molecule is CCCCn1nc(-c2ncn[nH]2)nc1-c1ccc(OC)c(OC(F)F)c1. The second-order valence-corrected chi connectivity index (χ2v) is 5.41. The van der Waals surface area contributed by atoms with E-state index in [4.69, 9.17) is 4.74 Å². The van der Waals surface area contributed by atoms with Crippen LogP contribution in [-0.4, -0.2) is 43.7 Å². The van der Waals surface area contributed by atoms with Crippen LogP contribution in [0.15, 0.2) is 24.5 Å². The van der Waals surface area contributed by atoms with Crippen molar-refractivity contribution in [2.75, 3.05) is 7.11 Å². The molecule has 2 aromatic heterocycles. The lowest BCUT2D eigenvalue weighted by atomic mass is 10.2. The molecule has 0 unspecified atom stereocenters. The molecule has 0 atom stereocenters. The molecular formula is C16H18F2N6O2. The summed E-state index contributed by atoms with van der Waals surface area (Å²) in [6.45, 7) is -0.262. The van der Waals surface area contributed by atoms with Gasteiger partial charge in [-0.05, 0) is 24.6 Å². The second-order valence-electron chi connectivity index (χ2n) is 5.41. The molecule has 0 saturated carbocycles. The average Bonchev–Trinajstić information content (AvgIpc) is 3.29. The number of nitrogens with zero attached hydrogens (tertiary/aromatic N) is 5. The maximum atomic E-state index is 12.7. The molecule has 0 fully saturated rings. The number of aromatic nitrogens is 6. The van der Waals surface area contributed by atoms with Crippen LogP contribution in [0.3, 0.4) is 0 Å². The van der Waals surface area contributed by atoms with Crippen LogP contribution < -0.4 is 9.47 Å². The van der Waals surface area contributed by atoms with E-state index >= 15 is 0 Å². The summed E-state index contributed by atoms with van der Waals surface area (Å²) in [7, 11) is 1.39. The zero-order valence-corrected chi connectivity index (χ0v) is 14.3. The molecule has 138 valence electrons. The van der Waals surface area contributed by atoms with Gasteiger partial charge in [-0.3, -0.25) is 5.10 Å². The van der Waals surface area contributed by atoms with Gasteiger partial charge in [0.2, 0.25) is 5.82 Å². The molecule has 0 aliphatic carbocycles. The summed E-state index contributed by atoms with van der Waals surface area (Å²) in [5.74, 6) is 1.47. The van der Waals surface area contributed by atoms with E-state index in [0.717, 1.165) is 12.8 Å². The van der Waals surface area contributed by atoms with E-state index in [0.29, 0.717) is 29.6 Å². The Morgan fingerprint density at radius 3 is 2.77 bits per heavy atom. The van der Waals surface area contributed by atoms with Crippen LogP contribution in [0, 0.1) is 0 Å². The number of hydrogen-bond acceptors (Lipinski definition) is 6. The van der Waals surface area contributed by atoms with Crippen molar-refractivity contribution in [3.63, 3.8) is 0 Å². The van der Waals surface area contributed by atoms with Gasteiger partial charge in [-0.15, -0.1) is 5.10 Å². The quantitative estimate of drug-likeness (QED) is 0.660. The summed E-state index contributed by atoms with van der Waals surface area (Å²) < 4.78 is 36.7. The third-order valence-corrected chi connectivity index (χ3v) is 3.66. The normalized spacial score (nSPS) is 11.1. The van der Waals surface area contributed by atoms with Gasteiger partial charge in [0.25, 0.3) is 0 Å². The summed E-state index contributed by atoms with van der Waals surface area (Å²) in [6, 6.07) is 4.73. The molecule has 0 bridgehead atoms. The number of alkyl halides is 2. The van der Waals surface area contributed by atoms with Gasteiger partial charge in [-0.2, -0.15) is 13.9 Å². The summed E-state index contributed by atoms with van der Waals surface area (Å²) in [5.41, 5.74) is 0.579. The van der Waals surface area contributed by atoms with Crippen LogP contribution in [0.25, 0.3) is 23.0 Å². The Balaban J connectivity index is 2.04. The Morgan fingerprint density at radius 1 is 1.27 bits per heavy atom. The van der Waals surface area contributed by atoms with E-state index in [1.54, 1.807) is 16.8 Å². The summed E-state index contributed by atoms with van der Waals surface area (Å²) in [6.07, 6.45) is 3.23. The zero-order valence-electron chi connectivity index (χ0n) is 14.3. The molecule has 0 saturated heterocycles. The number of aromatic amines is 1. The molecule has 3 rings (SSSR count). The maximum absolute atomic E-state index is 12.7. The summed E-state index contributed by atoms with van der Waals surface area (Å²) >= 11 is 0. The molecular weight excluding hydrogens is 346 g/mol. The van der Waals surface area contributed by atoms with Gasteiger partial charge in [0.15, 0.2) is 23.1 Å². The number of nitrogens with one attached hydrogen (secondary N) is 1. The van der Waals surface area contributed by atoms with Crippen LogP contribution in [0.4, 0.5) is 8.78 Å². The topological polar surface area (TPSA) is 90.7 Å². The van der Waals surface area contributed by atoms with Crippen LogP contribution in [0.2, 0.25) is 0 Å². The number of benzene rings is 1. The Labute approximate surface area is 148 Å². The number of rotatable bonds is 8. The number of halogens is 2. The third-order valence-electron chi connectivity index (χ3n) is 3.66. The van der Waals surface area contributed by atoms with Crippen LogP contribution >= 0.6 is 0 Å². The monoisotopic (exact) mass is 364 g/mol. The van der Waals surface area contributed by atoms with Crippen LogP contribution in [0.5, 0.6) is 11.5 Å². The van der Waals surface area contributed by atoms with Gasteiger partial charge < -0.3 is 9.47 Å². The van der Waals surface area contributed by atoms with E-state index in [1.165, 1.54) is 19.5 Å². The fraction of sp³-hybridized carbons (Fsp3) is 0.375. The van der Waals surface area contributed by atoms with Gasteiger partial charge in [0.05, 0.1) is 7.11 Å². The first-order valence-corrected chi connectivity index (χ1v) is 8.06. The number of aryl methyl sites for hydroxylation is 1. The number of ether oxygens (including phenoxy) is 2. The highest BCUT2D eigenvalue weighted by molar-refractivity contribution is 5.63. The lowest BCUT2D eigenvalue weighted by Gasteiger charge is -2.11. The lowest BCUT2D eigenvalue weighted by molar-refractivity contribution is -0.0511. The first-order chi connectivity index (χ1) is 12.6. The Morgan fingerprint density at radius 2 is 2.12 bits per heavy atom. The fourth-order valence-electron chi connectivity index (χ4n) is 2.44. The number of unbranched alkanes of at least 4 members (excludes halogenated alkanes) is 1. The van der Waals surface area contributed by atoms with Gasteiger partial charge in [0.1, 0.15) is 6.33 Å². The highest BCUT2D eigenvalue weighted by atomic mass is 19.3. The van der Waals surface area contributed by atoms with E-state index in [2.05, 4.69) is 36.9 Å². The second kappa shape index (κ2) is 7.89. The van der Waals surface area contributed by atoms with E-state index in [-0.39, 0.29) is 11.5 Å². The molecule has 10 heteroatoms. The Kier molecular flexibility index (Phi) is 5.40. The number of methoxy groups -OCH3 is 1. The fourth-order valence-corrected chi connectivity index (χ4v) is 2.44. The third kappa shape index (κ3) is 3.79. The smallest absolute Gasteiger partial charge is 0.387 e. The van der Waals surface area contributed by atoms with Crippen molar-refractivity contribution >= 4 is 0 Å². The largest absolute Gasteiger partial charge is 0.493 e. The van der Waals surface area contributed by atoms with Gasteiger partial charge >= 0.3 is 6.61 Å². The molecule has 3 aromatic rings. The van der Waals surface area contributed by atoms with Crippen molar-refractivity contribution < 1.29 is 18.3 Å². The van der Waals surface area contributed by atoms with Crippen LogP contribution in [0.1, 0.15) is 19.8 Å². The molecule has 1 N–H and O–H groups in total. The minimum Gasteiger partial charge on any atom is -0.493 e. The summed E-state index contributed by atoms with van der Waals surface area (Å²) in [4.78, 5) is 8.54. The molecule has 8 nitrogen and oxygen atoms in total. The van der Waals surface area contributed by atoms with Crippen molar-refractivity contribution in [3.8, 4) is 34.5 Å². The Hall–Kier alpha value is -3.04. The zero-order chi connectivity index (χ0) is 18.5. The Bertz CT molecular complexity index is 851. The molecule has 26 heavy (non-hydrogen) atoms. The predicted molar refractivity (Wildman–Crippen MR) is 88.9 cm³/mol. The van der Waals surface area contributed by atoms with Crippen molar-refractivity contribution in [1.82, 2.24) is 29.9 Å². The molecule has 0 aliphatic rings. The molecule has 0 aliphatic heterocycles. The molecule has 0 radical (unpaired) electrons. The van der Waals surface area contributed by atoms with Gasteiger partial charge in [-0.1, -0.05) is 13.3 Å². The van der Waals surface area contributed by atoms with Crippen molar-refractivity contribution in [1.29, 1.82) is 0 Å². The lowest BCUT2D eigenvalue weighted by Crippen LogP contribution is -2.05. The first-order valence-electron chi connectivity index (χ1n) is 8.06. The maximum Gasteiger partial charge on any atom is 0.387 e. The standard InChI is InChI=1S/C16H18F2N6O2/c1-3-4-7-24-15(21-14(23-24)13-19-9-20-22-13)10-5-6-11(25-2)12(8-10)26-16(17)18/h5-6,8-9,16H,3-4,7H2,1-2H3,(H,19,20,22). The molecule has 1 aromatic carbocycles. The van der Waals surface area contributed by atoms with Gasteiger partial charge in [0, 0.05) is 12.1 Å². The predicted octanol–water partition coefficient (Wildman–Crippen LogP) is 3.14. The minimum atomic E-state index is -2.96. The molecule has 0 amide bonds. The van der Waals surface area contributed by atoms with Crippen molar-refractivity contribution in [3.05, 3.63) is 24.5 Å². The van der Waals surface area contributed by atoms with E-state index < -0.39 is 6.61 Å². The summed E-state index contributed by atoms with van der Waals surface area (Å²) in [5, 5.41) is 11.0. The van der Waals surface area contributed by atoms with Crippen molar-refractivity contribution in [2.24, 2.45) is 0 Å². The highest BCUT2D eigenvalue weighted by Crippen LogP contribution is 2.33.